The molecule has 0 spiro atoms. The Morgan fingerprint density at radius 2 is 1.97 bits per heavy atom. The first-order valence-corrected chi connectivity index (χ1v) is 12.7. The molecule has 0 radical (unpaired) electrons. The number of carbonyl (C=O) groups excluding carboxylic acids is 2. The highest BCUT2D eigenvalue weighted by Crippen LogP contribution is 2.39. The summed E-state index contributed by atoms with van der Waals surface area (Å²) in [7, 11) is 0. The SMILES string of the molecule is NC(=O)c1c(NC(=O)CSc2nnc(-c3cccs3)n2-c2ccccc2)sc2c1CCC2. The molecule has 0 saturated heterocycles. The molecule has 0 fully saturated rings. The van der Waals surface area contributed by atoms with E-state index >= 15 is 0 Å². The van der Waals surface area contributed by atoms with Gasteiger partial charge in [0.15, 0.2) is 11.0 Å². The molecular formula is C22H19N5O2S3. The third-order valence-electron chi connectivity index (χ3n) is 5.14. The van der Waals surface area contributed by atoms with Gasteiger partial charge in [0.05, 0.1) is 16.2 Å². The molecule has 0 atom stereocenters. The van der Waals surface area contributed by atoms with Crippen LogP contribution in [0.1, 0.15) is 27.2 Å². The van der Waals surface area contributed by atoms with E-state index < -0.39 is 5.91 Å². The minimum Gasteiger partial charge on any atom is -0.365 e. The van der Waals surface area contributed by atoms with Crippen molar-refractivity contribution in [3.8, 4) is 16.4 Å². The molecule has 0 aliphatic heterocycles. The van der Waals surface area contributed by atoms with Crippen molar-refractivity contribution in [2.24, 2.45) is 5.73 Å². The van der Waals surface area contributed by atoms with E-state index in [1.807, 2.05) is 52.4 Å². The number of nitrogens with two attached hydrogens (primary N) is 1. The average molecular weight is 482 g/mol. The molecule has 32 heavy (non-hydrogen) atoms. The molecule has 4 aromatic rings. The summed E-state index contributed by atoms with van der Waals surface area (Å²) >= 11 is 4.34. The number of hydrogen-bond acceptors (Lipinski definition) is 7. The first-order chi connectivity index (χ1) is 15.6. The van der Waals surface area contributed by atoms with Crippen LogP contribution >= 0.6 is 34.4 Å². The summed E-state index contributed by atoms with van der Waals surface area (Å²) < 4.78 is 1.96. The standard InChI is InChI=1S/C22H19N5O2S3/c23-19(29)18-14-8-4-9-15(14)32-21(18)24-17(28)12-31-22-26-25-20(16-10-5-11-30-16)27(22)13-6-2-1-3-7-13/h1-3,5-7,10-11H,4,8-9,12H2,(H2,23,29)(H,24,28). The van der Waals surface area contributed by atoms with Crippen LogP contribution in [0.2, 0.25) is 0 Å². The molecule has 1 aromatic carbocycles. The first-order valence-electron chi connectivity index (χ1n) is 10.0. The molecular weight excluding hydrogens is 462 g/mol. The number of thioether (sulfide) groups is 1. The van der Waals surface area contributed by atoms with Gasteiger partial charge in [-0.15, -0.1) is 32.9 Å². The van der Waals surface area contributed by atoms with Crippen LogP contribution in [0.3, 0.4) is 0 Å². The van der Waals surface area contributed by atoms with Crippen LogP contribution in [-0.4, -0.2) is 32.3 Å². The number of nitrogens with zero attached hydrogens (tertiary/aromatic N) is 3. The number of benzene rings is 1. The number of primary amides is 1. The topological polar surface area (TPSA) is 103 Å². The minimum atomic E-state index is -0.489. The minimum absolute atomic E-state index is 0.135. The predicted octanol–water partition coefficient (Wildman–Crippen LogP) is 4.38. The Morgan fingerprint density at radius 3 is 2.72 bits per heavy atom. The van der Waals surface area contributed by atoms with Crippen molar-refractivity contribution >= 4 is 51.3 Å². The molecule has 3 heterocycles. The lowest BCUT2D eigenvalue weighted by atomic mass is 10.1. The largest absolute Gasteiger partial charge is 0.365 e. The van der Waals surface area contributed by atoms with E-state index in [4.69, 9.17) is 5.73 Å². The molecule has 7 nitrogen and oxygen atoms in total. The number of para-hydroxylation sites is 1. The maximum Gasteiger partial charge on any atom is 0.251 e. The van der Waals surface area contributed by atoms with E-state index in [2.05, 4.69) is 15.5 Å². The number of hydrogen-bond donors (Lipinski definition) is 2. The van der Waals surface area contributed by atoms with Gasteiger partial charge < -0.3 is 11.1 Å². The van der Waals surface area contributed by atoms with Gasteiger partial charge in [-0.2, -0.15) is 0 Å². The quantitative estimate of drug-likeness (QED) is 0.382. The van der Waals surface area contributed by atoms with E-state index in [1.165, 1.54) is 23.1 Å². The Morgan fingerprint density at radius 1 is 1.12 bits per heavy atom. The van der Waals surface area contributed by atoms with Crippen LogP contribution in [0.5, 0.6) is 0 Å². The van der Waals surface area contributed by atoms with Gasteiger partial charge in [0.1, 0.15) is 5.00 Å². The van der Waals surface area contributed by atoms with Crippen LogP contribution in [0.25, 0.3) is 16.4 Å². The van der Waals surface area contributed by atoms with Gasteiger partial charge in [-0.25, -0.2) is 0 Å². The van der Waals surface area contributed by atoms with Gasteiger partial charge in [0, 0.05) is 10.6 Å². The van der Waals surface area contributed by atoms with Crippen molar-refractivity contribution < 1.29 is 9.59 Å². The lowest BCUT2D eigenvalue weighted by Gasteiger charge is -2.09. The van der Waals surface area contributed by atoms with Gasteiger partial charge >= 0.3 is 0 Å². The predicted molar refractivity (Wildman–Crippen MR) is 129 cm³/mol. The third-order valence-corrected chi connectivity index (χ3v) is 8.14. The molecule has 3 aromatic heterocycles. The van der Waals surface area contributed by atoms with E-state index in [0.717, 1.165) is 46.1 Å². The number of thiophene rings is 2. The average Bonchev–Trinajstić information content (AvgIpc) is 3.55. The number of fused-ring (bicyclic) bond motifs is 1. The summed E-state index contributed by atoms with van der Waals surface area (Å²) in [6.07, 6.45) is 2.78. The molecule has 0 saturated carbocycles. The lowest BCUT2D eigenvalue weighted by Crippen LogP contribution is -2.19. The molecule has 162 valence electrons. The number of amides is 2. The summed E-state index contributed by atoms with van der Waals surface area (Å²) in [5, 5.41) is 14.8. The summed E-state index contributed by atoms with van der Waals surface area (Å²) in [5.74, 6) is 0.171. The van der Waals surface area contributed by atoms with Crippen molar-refractivity contribution in [3.05, 3.63) is 63.8 Å². The molecule has 2 amide bonds. The third kappa shape index (κ3) is 3.96. The molecule has 3 N–H and O–H groups in total. The number of aromatic nitrogens is 3. The number of anilines is 1. The van der Waals surface area contributed by atoms with Crippen LogP contribution in [0.4, 0.5) is 5.00 Å². The fraction of sp³-hybridized carbons (Fsp3) is 0.182. The van der Waals surface area contributed by atoms with E-state index in [0.29, 0.717) is 15.7 Å². The van der Waals surface area contributed by atoms with Gasteiger partial charge in [0.25, 0.3) is 5.91 Å². The van der Waals surface area contributed by atoms with Gasteiger partial charge in [-0.05, 0) is 48.4 Å². The Hall–Kier alpha value is -2.95. The van der Waals surface area contributed by atoms with E-state index in [-0.39, 0.29) is 11.7 Å². The van der Waals surface area contributed by atoms with Crippen molar-refractivity contribution in [1.29, 1.82) is 0 Å². The molecule has 0 unspecified atom stereocenters. The Bertz CT molecular complexity index is 1280. The molecule has 1 aliphatic rings. The fourth-order valence-electron chi connectivity index (χ4n) is 3.78. The van der Waals surface area contributed by atoms with Crippen LogP contribution < -0.4 is 11.1 Å². The smallest absolute Gasteiger partial charge is 0.251 e. The first kappa shape index (κ1) is 20.9. The highest BCUT2D eigenvalue weighted by molar-refractivity contribution is 7.99. The Kier molecular flexibility index (Phi) is 5.81. The van der Waals surface area contributed by atoms with Crippen molar-refractivity contribution in [2.75, 3.05) is 11.1 Å². The highest BCUT2D eigenvalue weighted by Gasteiger charge is 2.26. The monoisotopic (exact) mass is 481 g/mol. The summed E-state index contributed by atoms with van der Waals surface area (Å²) in [6, 6.07) is 13.8. The van der Waals surface area contributed by atoms with Crippen LogP contribution in [0.15, 0.2) is 53.0 Å². The highest BCUT2D eigenvalue weighted by atomic mass is 32.2. The zero-order valence-electron chi connectivity index (χ0n) is 16.9. The number of rotatable bonds is 7. The zero-order chi connectivity index (χ0) is 22.1. The van der Waals surface area contributed by atoms with Crippen molar-refractivity contribution in [1.82, 2.24) is 14.8 Å². The molecule has 0 bridgehead atoms. The molecule has 1 aliphatic carbocycles. The second-order valence-corrected chi connectivity index (χ2v) is 10.2. The normalized spacial score (nSPS) is 12.6. The second-order valence-electron chi connectivity index (χ2n) is 7.22. The number of carbonyl (C=O) groups is 2. The number of aryl methyl sites for hydroxylation is 1. The van der Waals surface area contributed by atoms with Crippen LogP contribution in [0, 0.1) is 0 Å². The van der Waals surface area contributed by atoms with Crippen molar-refractivity contribution in [3.63, 3.8) is 0 Å². The summed E-state index contributed by atoms with van der Waals surface area (Å²) in [5.41, 5.74) is 7.98. The maximum absolute atomic E-state index is 12.7. The fourth-order valence-corrected chi connectivity index (χ4v) is 6.55. The maximum atomic E-state index is 12.7. The summed E-state index contributed by atoms with van der Waals surface area (Å²) in [4.78, 5) is 26.9. The lowest BCUT2D eigenvalue weighted by molar-refractivity contribution is -0.113. The Balaban J connectivity index is 1.37. The second kappa shape index (κ2) is 8.89. The summed E-state index contributed by atoms with van der Waals surface area (Å²) in [6.45, 7) is 0. The van der Waals surface area contributed by atoms with Gasteiger partial charge in [-0.3, -0.25) is 14.2 Å². The molecule has 5 rings (SSSR count). The van der Waals surface area contributed by atoms with E-state index in [9.17, 15) is 9.59 Å². The van der Waals surface area contributed by atoms with Crippen molar-refractivity contribution in [2.45, 2.75) is 24.4 Å². The number of nitrogens with one attached hydrogen (secondary N) is 1. The molecule has 10 heteroatoms. The van der Waals surface area contributed by atoms with Crippen LogP contribution in [-0.2, 0) is 17.6 Å². The Labute approximate surface area is 196 Å². The zero-order valence-corrected chi connectivity index (χ0v) is 19.4. The van der Waals surface area contributed by atoms with Gasteiger partial charge in [0.2, 0.25) is 5.91 Å². The van der Waals surface area contributed by atoms with Gasteiger partial charge in [-0.1, -0.05) is 36.0 Å². The van der Waals surface area contributed by atoms with E-state index in [1.54, 1.807) is 11.3 Å².